The summed E-state index contributed by atoms with van der Waals surface area (Å²) in [6.45, 7) is 3.15. The molecule has 0 unspecified atom stereocenters. The molecule has 0 spiro atoms. The van der Waals surface area contributed by atoms with Crippen LogP contribution in [0.4, 0.5) is 0 Å². The molecule has 1 saturated carbocycles. The first-order valence-electron chi connectivity index (χ1n) is 7.70. The monoisotopic (exact) mass is 293 g/mol. The molecule has 0 atom stereocenters. The number of aliphatic hydroxyl groups excluding tert-OH is 1. The molecule has 0 aromatic heterocycles. The number of ether oxygens (including phenoxy) is 2. The van der Waals surface area contributed by atoms with Gasteiger partial charge in [-0.2, -0.15) is 0 Å². The molecule has 21 heavy (non-hydrogen) atoms. The van der Waals surface area contributed by atoms with Crippen molar-refractivity contribution in [2.24, 2.45) is 5.92 Å². The van der Waals surface area contributed by atoms with E-state index in [9.17, 15) is 5.11 Å². The van der Waals surface area contributed by atoms with Gasteiger partial charge in [-0.15, -0.1) is 0 Å². The van der Waals surface area contributed by atoms with Crippen LogP contribution in [0.15, 0.2) is 18.2 Å². The van der Waals surface area contributed by atoms with Crippen LogP contribution < -0.4 is 14.8 Å². The number of hydrogen-bond acceptors (Lipinski definition) is 4. The van der Waals surface area contributed by atoms with E-state index in [0.29, 0.717) is 6.54 Å². The first-order chi connectivity index (χ1) is 10.1. The Kier molecular flexibility index (Phi) is 5.48. The predicted molar refractivity (Wildman–Crippen MR) is 83.8 cm³/mol. The van der Waals surface area contributed by atoms with E-state index in [1.54, 1.807) is 14.2 Å². The minimum absolute atomic E-state index is 0.152. The molecule has 2 rings (SSSR count). The van der Waals surface area contributed by atoms with Gasteiger partial charge in [0.2, 0.25) is 0 Å². The molecular weight excluding hydrogens is 266 g/mol. The summed E-state index contributed by atoms with van der Waals surface area (Å²) in [7, 11) is 3.30. The fourth-order valence-corrected chi connectivity index (χ4v) is 3.08. The fourth-order valence-electron chi connectivity index (χ4n) is 3.08. The van der Waals surface area contributed by atoms with E-state index < -0.39 is 0 Å². The quantitative estimate of drug-likeness (QED) is 0.847. The zero-order valence-corrected chi connectivity index (χ0v) is 13.3. The average molecular weight is 293 g/mol. The zero-order valence-electron chi connectivity index (χ0n) is 13.3. The average Bonchev–Trinajstić information content (AvgIpc) is 2.54. The number of para-hydroxylation sites is 1. The molecule has 1 aromatic rings. The van der Waals surface area contributed by atoms with Crippen molar-refractivity contribution in [1.82, 2.24) is 5.32 Å². The number of hydrogen-bond donors (Lipinski definition) is 2. The van der Waals surface area contributed by atoms with Crippen molar-refractivity contribution in [3.63, 3.8) is 0 Å². The number of methoxy groups -OCH3 is 2. The molecule has 0 amide bonds. The van der Waals surface area contributed by atoms with Gasteiger partial charge in [-0.05, 0) is 37.7 Å². The van der Waals surface area contributed by atoms with Crippen LogP contribution in [0.5, 0.6) is 11.5 Å². The van der Waals surface area contributed by atoms with Crippen LogP contribution in [0, 0.1) is 5.92 Å². The first-order valence-corrected chi connectivity index (χ1v) is 7.70. The summed E-state index contributed by atoms with van der Waals surface area (Å²) in [5.41, 5.74) is 0.906. The molecule has 0 radical (unpaired) electrons. The third kappa shape index (κ3) is 3.69. The minimum Gasteiger partial charge on any atom is -0.493 e. The van der Waals surface area contributed by atoms with Crippen molar-refractivity contribution in [2.45, 2.75) is 44.7 Å². The number of rotatable bonds is 6. The summed E-state index contributed by atoms with van der Waals surface area (Å²) >= 11 is 0. The highest BCUT2D eigenvalue weighted by Gasteiger charge is 2.33. The summed E-state index contributed by atoms with van der Waals surface area (Å²) < 4.78 is 10.8. The van der Waals surface area contributed by atoms with E-state index in [1.165, 1.54) is 12.8 Å². The molecule has 118 valence electrons. The Morgan fingerprint density at radius 3 is 2.52 bits per heavy atom. The smallest absolute Gasteiger partial charge is 0.165 e. The van der Waals surface area contributed by atoms with Crippen molar-refractivity contribution in [2.75, 3.05) is 20.8 Å². The molecule has 2 N–H and O–H groups in total. The van der Waals surface area contributed by atoms with Crippen LogP contribution in [0.1, 0.15) is 38.2 Å². The van der Waals surface area contributed by atoms with Crippen molar-refractivity contribution in [3.8, 4) is 11.5 Å². The van der Waals surface area contributed by atoms with E-state index in [1.807, 2.05) is 18.2 Å². The molecule has 1 fully saturated rings. The van der Waals surface area contributed by atoms with E-state index in [2.05, 4.69) is 12.2 Å². The molecule has 0 bridgehead atoms. The van der Waals surface area contributed by atoms with Crippen molar-refractivity contribution >= 4 is 0 Å². The highest BCUT2D eigenvalue weighted by molar-refractivity contribution is 5.46. The minimum atomic E-state index is -0.152. The highest BCUT2D eigenvalue weighted by Crippen LogP contribution is 2.34. The molecular formula is C17H27NO3. The van der Waals surface area contributed by atoms with Crippen LogP contribution >= 0.6 is 0 Å². The lowest BCUT2D eigenvalue weighted by Crippen LogP contribution is -2.50. The molecule has 0 aliphatic heterocycles. The van der Waals surface area contributed by atoms with Crippen molar-refractivity contribution in [1.29, 1.82) is 0 Å². The Hall–Kier alpha value is -1.26. The Labute approximate surface area is 127 Å². The predicted octanol–water partition coefficient (Wildman–Crippen LogP) is 2.73. The maximum atomic E-state index is 9.81. The first kappa shape index (κ1) is 16.1. The number of aliphatic hydroxyl groups is 1. The lowest BCUT2D eigenvalue weighted by Gasteiger charge is -2.39. The topological polar surface area (TPSA) is 50.7 Å². The summed E-state index contributed by atoms with van der Waals surface area (Å²) in [6, 6.07) is 5.89. The molecule has 0 saturated heterocycles. The van der Waals surface area contributed by atoms with Gasteiger partial charge < -0.3 is 19.9 Å². The second-order valence-electron chi connectivity index (χ2n) is 6.13. The maximum Gasteiger partial charge on any atom is 0.165 e. The van der Waals surface area contributed by atoms with Crippen molar-refractivity contribution in [3.05, 3.63) is 23.8 Å². The van der Waals surface area contributed by atoms with Gasteiger partial charge in [0.05, 0.1) is 20.8 Å². The fraction of sp³-hybridized carbons (Fsp3) is 0.647. The number of nitrogens with one attached hydrogen (secondary N) is 1. The second-order valence-corrected chi connectivity index (χ2v) is 6.13. The van der Waals surface area contributed by atoms with Gasteiger partial charge in [0.15, 0.2) is 11.5 Å². The Morgan fingerprint density at radius 1 is 1.24 bits per heavy atom. The maximum absolute atomic E-state index is 9.81. The van der Waals surface area contributed by atoms with Gasteiger partial charge in [0, 0.05) is 17.6 Å². The molecule has 1 aromatic carbocycles. The van der Waals surface area contributed by atoms with E-state index >= 15 is 0 Å². The third-order valence-corrected chi connectivity index (χ3v) is 4.67. The second kappa shape index (κ2) is 7.14. The Morgan fingerprint density at radius 2 is 1.95 bits per heavy atom. The zero-order chi connectivity index (χ0) is 15.3. The Bertz CT molecular complexity index is 453. The standard InChI is InChI=1S/C17H27NO3/c1-13-7-9-17(12-19,10-8-13)18-11-14-5-4-6-15(20-2)16(14)21-3/h4-6,13,18-19H,7-12H2,1-3H3. The highest BCUT2D eigenvalue weighted by atomic mass is 16.5. The molecule has 1 aliphatic carbocycles. The van der Waals surface area contributed by atoms with Gasteiger partial charge in [0.25, 0.3) is 0 Å². The van der Waals surface area contributed by atoms with Gasteiger partial charge >= 0.3 is 0 Å². The molecule has 1 aliphatic rings. The van der Waals surface area contributed by atoms with E-state index in [4.69, 9.17) is 9.47 Å². The van der Waals surface area contributed by atoms with Crippen LogP contribution in [0.3, 0.4) is 0 Å². The van der Waals surface area contributed by atoms with E-state index in [0.717, 1.165) is 35.8 Å². The van der Waals surface area contributed by atoms with Crippen molar-refractivity contribution < 1.29 is 14.6 Å². The van der Waals surface area contributed by atoms with Crippen LogP contribution in [-0.2, 0) is 6.54 Å². The van der Waals surface area contributed by atoms with Crippen LogP contribution in [0.2, 0.25) is 0 Å². The normalized spacial score (nSPS) is 25.6. The van der Waals surface area contributed by atoms with Crippen LogP contribution in [0.25, 0.3) is 0 Å². The van der Waals surface area contributed by atoms with E-state index in [-0.39, 0.29) is 12.1 Å². The molecule has 4 heteroatoms. The summed E-state index contributed by atoms with van der Waals surface area (Å²) in [6.07, 6.45) is 4.39. The lowest BCUT2D eigenvalue weighted by molar-refractivity contribution is 0.104. The van der Waals surface area contributed by atoms with Gasteiger partial charge in [0.1, 0.15) is 0 Å². The largest absolute Gasteiger partial charge is 0.493 e. The van der Waals surface area contributed by atoms with Gasteiger partial charge in [-0.1, -0.05) is 19.1 Å². The lowest BCUT2D eigenvalue weighted by atomic mass is 9.77. The summed E-state index contributed by atoms with van der Waals surface area (Å²) in [5.74, 6) is 2.27. The van der Waals surface area contributed by atoms with Gasteiger partial charge in [-0.25, -0.2) is 0 Å². The Balaban J connectivity index is 2.08. The van der Waals surface area contributed by atoms with Crippen LogP contribution in [-0.4, -0.2) is 31.5 Å². The molecule has 4 nitrogen and oxygen atoms in total. The summed E-state index contributed by atoms with van der Waals surface area (Å²) in [4.78, 5) is 0. The molecule has 0 heterocycles. The number of benzene rings is 1. The summed E-state index contributed by atoms with van der Waals surface area (Å²) in [5, 5.41) is 13.4. The van der Waals surface area contributed by atoms with Gasteiger partial charge in [-0.3, -0.25) is 0 Å². The SMILES string of the molecule is COc1cccc(CNC2(CO)CCC(C)CC2)c1OC. The third-order valence-electron chi connectivity index (χ3n) is 4.67.